The smallest absolute Gasteiger partial charge is 0.252 e. The molecule has 0 amide bonds. The quantitative estimate of drug-likeness (QED) is 0.664. The number of sulfonamides is 1. The number of methoxy groups -OCH3 is 1. The summed E-state index contributed by atoms with van der Waals surface area (Å²) in [5.41, 5.74) is 0. The zero-order valence-corrected chi connectivity index (χ0v) is 16.7. The lowest BCUT2D eigenvalue weighted by Crippen LogP contribution is -2.38. The van der Waals surface area contributed by atoms with E-state index in [1.54, 1.807) is 24.3 Å². The maximum atomic E-state index is 12.9. The molecule has 2 heterocycles. The first kappa shape index (κ1) is 19.4. The lowest BCUT2D eigenvalue weighted by Gasteiger charge is -2.29. The summed E-state index contributed by atoms with van der Waals surface area (Å²) in [5.74, 6) is 2.45. The van der Waals surface area contributed by atoms with Gasteiger partial charge in [0.25, 0.3) is 5.89 Å². The Morgan fingerprint density at radius 3 is 2.71 bits per heavy atom. The van der Waals surface area contributed by atoms with E-state index in [1.807, 2.05) is 0 Å². The van der Waals surface area contributed by atoms with Crippen LogP contribution in [0.5, 0.6) is 5.75 Å². The molecule has 28 heavy (non-hydrogen) atoms. The summed E-state index contributed by atoms with van der Waals surface area (Å²) in [4.78, 5) is 4.68. The Hall–Kier alpha value is -1.97. The first-order chi connectivity index (χ1) is 13.6. The minimum Gasteiger partial charge on any atom is -0.497 e. The van der Waals surface area contributed by atoms with Gasteiger partial charge >= 0.3 is 0 Å². The summed E-state index contributed by atoms with van der Waals surface area (Å²) in [6.45, 7) is 1.93. The minimum atomic E-state index is -3.54. The van der Waals surface area contributed by atoms with Crippen LogP contribution in [0.2, 0.25) is 0 Å². The Morgan fingerprint density at radius 2 is 2.00 bits per heavy atom. The fourth-order valence-electron chi connectivity index (χ4n) is 3.35. The van der Waals surface area contributed by atoms with Crippen molar-refractivity contribution in [3.05, 3.63) is 36.0 Å². The molecule has 0 bridgehead atoms. The predicted molar refractivity (Wildman–Crippen MR) is 100 cm³/mol. The zero-order chi connectivity index (χ0) is 19.6. The second-order valence-corrected chi connectivity index (χ2v) is 9.30. The average Bonchev–Trinajstić information content (AvgIpc) is 3.43. The van der Waals surface area contributed by atoms with Crippen molar-refractivity contribution in [3.63, 3.8) is 0 Å². The second-order valence-electron chi connectivity index (χ2n) is 7.36. The molecule has 8 nitrogen and oxygen atoms in total. The Bertz CT molecular complexity index is 902. The van der Waals surface area contributed by atoms with Crippen molar-refractivity contribution in [2.45, 2.75) is 43.1 Å². The average molecular weight is 407 g/mol. The van der Waals surface area contributed by atoms with Gasteiger partial charge in [-0.1, -0.05) is 11.2 Å². The molecule has 0 atom stereocenters. The van der Waals surface area contributed by atoms with Gasteiger partial charge in [-0.2, -0.15) is 9.29 Å². The summed E-state index contributed by atoms with van der Waals surface area (Å²) >= 11 is 0. The van der Waals surface area contributed by atoms with Gasteiger partial charge in [0.15, 0.2) is 5.82 Å². The largest absolute Gasteiger partial charge is 0.497 e. The SMILES string of the molecule is COc1cccc(S(=O)(=O)N2CCC(c3noc(COCC4CC4)n3)CC2)c1. The highest BCUT2D eigenvalue weighted by molar-refractivity contribution is 7.89. The maximum absolute atomic E-state index is 12.9. The van der Waals surface area contributed by atoms with Crippen LogP contribution in [0.3, 0.4) is 0 Å². The maximum Gasteiger partial charge on any atom is 0.252 e. The third-order valence-electron chi connectivity index (χ3n) is 5.26. The van der Waals surface area contributed by atoms with Crippen LogP contribution >= 0.6 is 0 Å². The van der Waals surface area contributed by atoms with E-state index in [0.717, 1.165) is 6.61 Å². The molecule has 4 rings (SSSR count). The molecule has 9 heteroatoms. The van der Waals surface area contributed by atoms with E-state index in [4.69, 9.17) is 14.0 Å². The van der Waals surface area contributed by atoms with Gasteiger partial charge in [-0.3, -0.25) is 0 Å². The predicted octanol–water partition coefficient (Wildman–Crippen LogP) is 2.57. The third kappa shape index (κ3) is 4.37. The molecule has 0 radical (unpaired) electrons. The molecule has 0 unspecified atom stereocenters. The van der Waals surface area contributed by atoms with Crippen LogP contribution in [0.25, 0.3) is 0 Å². The monoisotopic (exact) mass is 407 g/mol. The summed E-state index contributed by atoms with van der Waals surface area (Å²) in [7, 11) is -2.02. The van der Waals surface area contributed by atoms with Crippen molar-refractivity contribution in [3.8, 4) is 5.75 Å². The summed E-state index contributed by atoms with van der Waals surface area (Å²) < 4.78 is 43.3. The summed E-state index contributed by atoms with van der Waals surface area (Å²) in [6, 6.07) is 6.56. The fraction of sp³-hybridized carbons (Fsp3) is 0.579. The normalized spacial score (nSPS) is 19.0. The molecular formula is C19H25N3O5S. The van der Waals surface area contributed by atoms with Crippen LogP contribution in [0.1, 0.15) is 43.3 Å². The van der Waals surface area contributed by atoms with Gasteiger partial charge in [0.05, 0.1) is 18.6 Å². The minimum absolute atomic E-state index is 0.0951. The van der Waals surface area contributed by atoms with E-state index in [0.29, 0.717) is 55.9 Å². The standard InChI is InChI=1S/C19H25N3O5S/c1-25-16-3-2-4-17(11-16)28(23,24)22-9-7-15(8-10-22)19-20-18(27-21-19)13-26-12-14-5-6-14/h2-4,11,14-15H,5-10,12-13H2,1H3. The van der Waals surface area contributed by atoms with Crippen LogP contribution in [0.4, 0.5) is 0 Å². The van der Waals surface area contributed by atoms with Crippen LogP contribution in [-0.4, -0.2) is 49.7 Å². The summed E-state index contributed by atoms with van der Waals surface area (Å²) in [6.07, 6.45) is 3.80. The van der Waals surface area contributed by atoms with Crippen LogP contribution < -0.4 is 4.74 Å². The highest BCUT2D eigenvalue weighted by Gasteiger charge is 2.32. The number of piperidine rings is 1. The highest BCUT2D eigenvalue weighted by Crippen LogP contribution is 2.31. The van der Waals surface area contributed by atoms with Crippen molar-refractivity contribution in [2.75, 3.05) is 26.8 Å². The number of aromatic nitrogens is 2. The molecule has 152 valence electrons. The van der Waals surface area contributed by atoms with Crippen molar-refractivity contribution < 1.29 is 22.4 Å². The van der Waals surface area contributed by atoms with E-state index in [2.05, 4.69) is 10.1 Å². The second kappa shape index (κ2) is 8.18. The first-order valence-electron chi connectivity index (χ1n) is 9.60. The van der Waals surface area contributed by atoms with Crippen molar-refractivity contribution in [1.82, 2.24) is 14.4 Å². The Kier molecular flexibility index (Phi) is 5.65. The Labute approximate surface area is 164 Å². The molecule has 1 saturated heterocycles. The molecule has 0 N–H and O–H groups in total. The molecule has 1 aliphatic heterocycles. The van der Waals surface area contributed by atoms with Crippen molar-refractivity contribution >= 4 is 10.0 Å². The molecule has 1 aromatic carbocycles. The van der Waals surface area contributed by atoms with Gasteiger partial charge < -0.3 is 14.0 Å². The first-order valence-corrected chi connectivity index (χ1v) is 11.0. The molecule has 1 aliphatic carbocycles. The zero-order valence-electron chi connectivity index (χ0n) is 15.9. The molecule has 1 aromatic heterocycles. The molecule has 2 fully saturated rings. The van der Waals surface area contributed by atoms with E-state index < -0.39 is 10.0 Å². The number of benzene rings is 1. The van der Waals surface area contributed by atoms with Crippen molar-refractivity contribution in [2.24, 2.45) is 5.92 Å². The summed E-state index contributed by atoms with van der Waals surface area (Å²) in [5, 5.41) is 4.07. The molecule has 0 spiro atoms. The van der Waals surface area contributed by atoms with Gasteiger partial charge in [-0.05, 0) is 43.7 Å². The number of ether oxygens (including phenoxy) is 2. The highest BCUT2D eigenvalue weighted by atomic mass is 32.2. The van der Waals surface area contributed by atoms with Gasteiger partial charge in [-0.15, -0.1) is 0 Å². The van der Waals surface area contributed by atoms with Gasteiger partial charge in [0.2, 0.25) is 10.0 Å². The number of nitrogens with zero attached hydrogens (tertiary/aromatic N) is 3. The van der Waals surface area contributed by atoms with E-state index in [1.165, 1.54) is 24.3 Å². The topological polar surface area (TPSA) is 94.8 Å². The number of hydrogen-bond acceptors (Lipinski definition) is 7. The van der Waals surface area contributed by atoms with Crippen molar-refractivity contribution in [1.29, 1.82) is 0 Å². The number of hydrogen-bond donors (Lipinski definition) is 0. The molecular weight excluding hydrogens is 382 g/mol. The van der Waals surface area contributed by atoms with Crippen LogP contribution in [-0.2, 0) is 21.4 Å². The Morgan fingerprint density at radius 1 is 1.21 bits per heavy atom. The third-order valence-corrected chi connectivity index (χ3v) is 7.15. The van der Waals surface area contributed by atoms with Crippen LogP contribution in [0, 0.1) is 5.92 Å². The van der Waals surface area contributed by atoms with Crippen LogP contribution in [0.15, 0.2) is 33.7 Å². The molecule has 1 saturated carbocycles. The Balaban J connectivity index is 1.34. The lowest BCUT2D eigenvalue weighted by molar-refractivity contribution is 0.0894. The van der Waals surface area contributed by atoms with Gasteiger partial charge in [0.1, 0.15) is 12.4 Å². The van der Waals surface area contributed by atoms with Gasteiger partial charge in [0, 0.05) is 25.1 Å². The van der Waals surface area contributed by atoms with E-state index in [-0.39, 0.29) is 10.8 Å². The van der Waals surface area contributed by atoms with E-state index in [9.17, 15) is 8.42 Å². The lowest BCUT2D eigenvalue weighted by atomic mass is 9.98. The molecule has 2 aliphatic rings. The molecule has 2 aromatic rings. The fourth-order valence-corrected chi connectivity index (χ4v) is 4.86. The van der Waals surface area contributed by atoms with Gasteiger partial charge in [-0.25, -0.2) is 8.42 Å². The number of rotatable bonds is 8. The van der Waals surface area contributed by atoms with E-state index >= 15 is 0 Å².